The summed E-state index contributed by atoms with van der Waals surface area (Å²) in [5, 5.41) is 4.54. The third-order valence-electron chi connectivity index (χ3n) is 4.49. The van der Waals surface area contributed by atoms with E-state index in [1.54, 1.807) is 18.2 Å². The van der Waals surface area contributed by atoms with Crippen LogP contribution in [0.2, 0.25) is 0 Å². The number of rotatable bonds is 7. The lowest BCUT2D eigenvalue weighted by atomic mass is 10.1. The van der Waals surface area contributed by atoms with Crippen LogP contribution in [0, 0.1) is 13.8 Å². The molecular formula is C21H23BrN4O2. The highest BCUT2D eigenvalue weighted by Crippen LogP contribution is 2.23. The number of carbonyl (C=O) groups is 1. The Kier molecular flexibility index (Phi) is 6.59. The molecule has 146 valence electrons. The molecule has 1 amide bonds. The number of amides is 1. The highest BCUT2D eigenvalue weighted by molar-refractivity contribution is 9.10. The summed E-state index contributed by atoms with van der Waals surface area (Å²) in [6.45, 7) is 5.36. The minimum absolute atomic E-state index is 0.0520. The fourth-order valence-corrected chi connectivity index (χ4v) is 3.19. The summed E-state index contributed by atoms with van der Waals surface area (Å²) in [6.07, 6.45) is 1.73. The molecule has 0 unspecified atom stereocenters. The molecule has 0 saturated heterocycles. The standard InChI is InChI=1S/C21H23BrN4O2/c1-15-20(22)16(2)26(24-15)19-9-7-17(8-10-19)21(27)25(12-13-28-3)14-18-6-4-5-11-23-18/h4-11H,12-14H2,1-3H3. The van der Waals surface area contributed by atoms with Gasteiger partial charge in [0.1, 0.15) is 0 Å². The van der Waals surface area contributed by atoms with Gasteiger partial charge in [-0.2, -0.15) is 5.10 Å². The summed E-state index contributed by atoms with van der Waals surface area (Å²) in [4.78, 5) is 19.1. The summed E-state index contributed by atoms with van der Waals surface area (Å²) in [7, 11) is 1.63. The average molecular weight is 443 g/mol. The number of carbonyl (C=O) groups excluding carboxylic acids is 1. The van der Waals surface area contributed by atoms with Crippen molar-refractivity contribution < 1.29 is 9.53 Å². The molecule has 3 rings (SSSR count). The zero-order valence-corrected chi connectivity index (χ0v) is 17.8. The van der Waals surface area contributed by atoms with E-state index in [9.17, 15) is 4.79 Å². The Morgan fingerprint density at radius 3 is 2.50 bits per heavy atom. The minimum Gasteiger partial charge on any atom is -0.383 e. The van der Waals surface area contributed by atoms with Crippen LogP contribution in [0.3, 0.4) is 0 Å². The van der Waals surface area contributed by atoms with Crippen LogP contribution < -0.4 is 0 Å². The minimum atomic E-state index is -0.0520. The number of benzene rings is 1. The Morgan fingerprint density at radius 1 is 1.18 bits per heavy atom. The maximum atomic E-state index is 13.0. The SMILES string of the molecule is COCCN(Cc1ccccn1)C(=O)c1ccc(-n2nc(C)c(Br)c2C)cc1. The number of hydrogen-bond donors (Lipinski definition) is 0. The number of methoxy groups -OCH3 is 1. The molecule has 0 aliphatic carbocycles. The van der Waals surface area contributed by atoms with E-state index in [-0.39, 0.29) is 5.91 Å². The molecule has 0 aliphatic heterocycles. The van der Waals surface area contributed by atoms with Crippen molar-refractivity contribution in [1.82, 2.24) is 19.7 Å². The van der Waals surface area contributed by atoms with Crippen LogP contribution >= 0.6 is 15.9 Å². The van der Waals surface area contributed by atoms with Crippen molar-refractivity contribution in [1.29, 1.82) is 0 Å². The van der Waals surface area contributed by atoms with Gasteiger partial charge in [-0.05, 0) is 66.2 Å². The normalized spacial score (nSPS) is 10.9. The number of aromatic nitrogens is 3. The lowest BCUT2D eigenvalue weighted by Gasteiger charge is -2.22. The number of ether oxygens (including phenoxy) is 1. The second-order valence-electron chi connectivity index (χ2n) is 6.48. The second kappa shape index (κ2) is 9.12. The molecule has 0 saturated carbocycles. The smallest absolute Gasteiger partial charge is 0.254 e. The van der Waals surface area contributed by atoms with Crippen LogP contribution in [0.1, 0.15) is 27.4 Å². The topological polar surface area (TPSA) is 60.2 Å². The van der Waals surface area contributed by atoms with Gasteiger partial charge in [0.25, 0.3) is 5.91 Å². The molecule has 3 aromatic rings. The number of nitrogens with zero attached hydrogens (tertiary/aromatic N) is 4. The molecule has 0 fully saturated rings. The van der Waals surface area contributed by atoms with Crippen molar-refractivity contribution in [2.45, 2.75) is 20.4 Å². The fourth-order valence-electron chi connectivity index (χ4n) is 2.94. The van der Waals surface area contributed by atoms with Gasteiger partial charge >= 0.3 is 0 Å². The first-order valence-electron chi connectivity index (χ1n) is 9.01. The van der Waals surface area contributed by atoms with Gasteiger partial charge in [-0.25, -0.2) is 4.68 Å². The predicted octanol–water partition coefficient (Wildman–Crippen LogP) is 3.94. The molecule has 0 atom stereocenters. The molecule has 2 aromatic heterocycles. The fraction of sp³-hybridized carbons (Fsp3) is 0.286. The third kappa shape index (κ3) is 4.48. The van der Waals surface area contributed by atoms with Crippen LogP contribution in [0.15, 0.2) is 53.1 Å². The molecule has 0 spiro atoms. The number of pyridine rings is 1. The molecule has 0 radical (unpaired) electrons. The summed E-state index contributed by atoms with van der Waals surface area (Å²) in [6, 6.07) is 13.2. The Bertz CT molecular complexity index is 939. The van der Waals surface area contributed by atoms with E-state index < -0.39 is 0 Å². The van der Waals surface area contributed by atoms with Gasteiger partial charge in [0, 0.05) is 25.4 Å². The van der Waals surface area contributed by atoms with Crippen molar-refractivity contribution in [3.63, 3.8) is 0 Å². The summed E-state index contributed by atoms with van der Waals surface area (Å²) in [5.74, 6) is -0.0520. The molecular weight excluding hydrogens is 420 g/mol. The van der Waals surface area contributed by atoms with Crippen molar-refractivity contribution >= 4 is 21.8 Å². The van der Waals surface area contributed by atoms with E-state index in [1.807, 2.05) is 61.0 Å². The molecule has 7 heteroatoms. The first-order valence-corrected chi connectivity index (χ1v) is 9.81. The van der Waals surface area contributed by atoms with Crippen LogP contribution in [-0.2, 0) is 11.3 Å². The van der Waals surface area contributed by atoms with Crippen molar-refractivity contribution in [2.75, 3.05) is 20.3 Å². The summed E-state index contributed by atoms with van der Waals surface area (Å²) < 4.78 is 8.03. The predicted molar refractivity (Wildman–Crippen MR) is 112 cm³/mol. The van der Waals surface area contributed by atoms with Crippen molar-refractivity contribution in [2.24, 2.45) is 0 Å². The second-order valence-corrected chi connectivity index (χ2v) is 7.28. The van der Waals surface area contributed by atoms with Crippen molar-refractivity contribution in [3.05, 3.63) is 75.8 Å². The molecule has 0 N–H and O–H groups in total. The monoisotopic (exact) mass is 442 g/mol. The molecule has 0 bridgehead atoms. The van der Waals surface area contributed by atoms with Gasteiger partial charge in [0.05, 0.1) is 40.4 Å². The quantitative estimate of drug-likeness (QED) is 0.555. The lowest BCUT2D eigenvalue weighted by molar-refractivity contribution is 0.0678. The first-order chi connectivity index (χ1) is 13.5. The van der Waals surface area contributed by atoms with Crippen molar-refractivity contribution in [3.8, 4) is 5.69 Å². The van der Waals surface area contributed by atoms with Gasteiger partial charge in [0.2, 0.25) is 0 Å². The zero-order valence-electron chi connectivity index (χ0n) is 16.2. The van der Waals surface area contributed by atoms with E-state index in [2.05, 4.69) is 26.0 Å². The maximum Gasteiger partial charge on any atom is 0.254 e. The van der Waals surface area contributed by atoms with E-state index in [1.165, 1.54) is 0 Å². The lowest BCUT2D eigenvalue weighted by Crippen LogP contribution is -2.33. The van der Waals surface area contributed by atoms with Gasteiger partial charge in [-0.3, -0.25) is 9.78 Å². The average Bonchev–Trinajstić information content (AvgIpc) is 2.99. The van der Waals surface area contributed by atoms with Gasteiger partial charge in [0.15, 0.2) is 0 Å². The Morgan fingerprint density at radius 2 is 1.93 bits per heavy atom. The largest absolute Gasteiger partial charge is 0.383 e. The van der Waals surface area contributed by atoms with Crippen LogP contribution in [-0.4, -0.2) is 45.8 Å². The van der Waals surface area contributed by atoms with Gasteiger partial charge < -0.3 is 9.64 Å². The van der Waals surface area contributed by atoms with Gasteiger partial charge in [-0.1, -0.05) is 6.07 Å². The van der Waals surface area contributed by atoms with E-state index in [4.69, 9.17) is 4.74 Å². The molecule has 0 aliphatic rings. The van der Waals surface area contributed by atoms with Crippen LogP contribution in [0.4, 0.5) is 0 Å². The molecule has 2 heterocycles. The Labute approximate surface area is 173 Å². The van der Waals surface area contributed by atoms with Crippen LogP contribution in [0.25, 0.3) is 5.69 Å². The van der Waals surface area contributed by atoms with Gasteiger partial charge in [-0.15, -0.1) is 0 Å². The number of hydrogen-bond acceptors (Lipinski definition) is 4. The van der Waals surface area contributed by atoms with E-state index in [0.29, 0.717) is 25.3 Å². The Balaban J connectivity index is 1.81. The number of aryl methyl sites for hydroxylation is 1. The van der Waals surface area contributed by atoms with E-state index in [0.717, 1.165) is 27.2 Å². The molecule has 1 aromatic carbocycles. The first kappa shape index (κ1) is 20.2. The maximum absolute atomic E-state index is 13.0. The third-order valence-corrected chi connectivity index (χ3v) is 5.64. The highest BCUT2D eigenvalue weighted by atomic mass is 79.9. The number of halogens is 1. The Hall–Kier alpha value is -2.51. The molecule has 28 heavy (non-hydrogen) atoms. The summed E-state index contributed by atoms with van der Waals surface area (Å²) >= 11 is 3.55. The van der Waals surface area contributed by atoms with E-state index >= 15 is 0 Å². The van der Waals surface area contributed by atoms with Crippen LogP contribution in [0.5, 0.6) is 0 Å². The highest BCUT2D eigenvalue weighted by Gasteiger charge is 2.17. The summed E-state index contributed by atoms with van der Waals surface area (Å²) in [5.41, 5.74) is 4.33. The molecule has 6 nitrogen and oxygen atoms in total. The zero-order chi connectivity index (χ0) is 20.1.